The van der Waals surface area contributed by atoms with Crippen molar-refractivity contribution < 1.29 is 14.3 Å². The molecule has 2 heterocycles. The van der Waals surface area contributed by atoms with Gasteiger partial charge in [-0.2, -0.15) is 5.10 Å². The molecule has 3 aromatic rings. The Labute approximate surface area is 156 Å². The van der Waals surface area contributed by atoms with Crippen molar-refractivity contribution in [2.45, 2.75) is 12.5 Å². The van der Waals surface area contributed by atoms with E-state index in [1.54, 1.807) is 29.1 Å². The number of amides is 2. The van der Waals surface area contributed by atoms with Crippen LogP contribution in [0.2, 0.25) is 0 Å². The van der Waals surface area contributed by atoms with Gasteiger partial charge in [-0.25, -0.2) is 4.68 Å². The first-order valence-corrected chi connectivity index (χ1v) is 8.54. The number of hydrogen-bond acceptors (Lipinski definition) is 4. The van der Waals surface area contributed by atoms with E-state index in [0.29, 0.717) is 17.3 Å². The summed E-state index contributed by atoms with van der Waals surface area (Å²) in [6.45, 7) is 0. The van der Waals surface area contributed by atoms with Crippen molar-refractivity contribution >= 4 is 23.3 Å². The predicted octanol–water partition coefficient (Wildman–Crippen LogP) is 3.08. The number of rotatable bonds is 5. The molecule has 0 unspecified atom stereocenters. The number of nitrogens with one attached hydrogen (secondary N) is 2. The first kappa shape index (κ1) is 16.8. The summed E-state index contributed by atoms with van der Waals surface area (Å²) in [4.78, 5) is 24.9. The minimum atomic E-state index is -0.688. The molecule has 2 N–H and O–H groups in total. The van der Waals surface area contributed by atoms with Crippen molar-refractivity contribution in [3.05, 3.63) is 60.8 Å². The lowest BCUT2D eigenvalue weighted by Gasteiger charge is -2.12. The van der Waals surface area contributed by atoms with E-state index in [0.717, 1.165) is 11.1 Å². The summed E-state index contributed by atoms with van der Waals surface area (Å²) in [5, 5.41) is 9.96. The Bertz CT molecular complexity index is 997. The Morgan fingerprint density at radius 2 is 1.93 bits per heavy atom. The Balaban J connectivity index is 1.54. The van der Waals surface area contributed by atoms with E-state index in [1.165, 1.54) is 7.11 Å². The molecule has 136 valence electrons. The number of aromatic nitrogens is 2. The molecule has 1 aliphatic heterocycles. The third kappa shape index (κ3) is 3.15. The van der Waals surface area contributed by atoms with Crippen LogP contribution in [-0.4, -0.2) is 28.7 Å². The normalized spacial score (nSPS) is 15.1. The summed E-state index contributed by atoms with van der Waals surface area (Å²) in [6.07, 6.45) is 1.68. The molecule has 1 aliphatic rings. The highest BCUT2D eigenvalue weighted by molar-refractivity contribution is 6.04. The van der Waals surface area contributed by atoms with Crippen molar-refractivity contribution in [1.29, 1.82) is 0 Å². The number of hydrogen-bond donors (Lipinski definition) is 2. The molecule has 0 spiro atoms. The van der Waals surface area contributed by atoms with E-state index in [-0.39, 0.29) is 18.2 Å². The van der Waals surface area contributed by atoms with Crippen LogP contribution in [0.4, 0.5) is 11.5 Å². The number of carbonyl (C=O) groups is 2. The molecule has 0 radical (unpaired) electrons. The molecular weight excluding hydrogens is 344 g/mol. The SMILES string of the molecule is COc1ccccc1NC(=O)C[C@@H]1C(=O)Nc2c(-c3ccccc3)cnn21. The van der Waals surface area contributed by atoms with Gasteiger partial charge in [-0.15, -0.1) is 0 Å². The van der Waals surface area contributed by atoms with Crippen molar-refractivity contribution in [2.24, 2.45) is 0 Å². The highest BCUT2D eigenvalue weighted by Gasteiger charge is 2.35. The molecule has 1 aromatic heterocycles. The Morgan fingerprint density at radius 1 is 1.19 bits per heavy atom. The van der Waals surface area contributed by atoms with Gasteiger partial charge in [-0.05, 0) is 17.7 Å². The van der Waals surface area contributed by atoms with Crippen LogP contribution in [0.3, 0.4) is 0 Å². The lowest BCUT2D eigenvalue weighted by Crippen LogP contribution is -2.23. The van der Waals surface area contributed by atoms with E-state index in [2.05, 4.69) is 15.7 Å². The van der Waals surface area contributed by atoms with Crippen molar-refractivity contribution in [2.75, 3.05) is 17.7 Å². The van der Waals surface area contributed by atoms with Gasteiger partial charge in [0.1, 0.15) is 17.6 Å². The van der Waals surface area contributed by atoms with Gasteiger partial charge < -0.3 is 15.4 Å². The molecule has 7 nitrogen and oxygen atoms in total. The molecule has 4 rings (SSSR count). The van der Waals surface area contributed by atoms with Crippen LogP contribution in [0.25, 0.3) is 11.1 Å². The third-order valence-corrected chi connectivity index (χ3v) is 4.48. The quantitative estimate of drug-likeness (QED) is 0.730. The van der Waals surface area contributed by atoms with E-state index in [4.69, 9.17) is 4.74 Å². The van der Waals surface area contributed by atoms with E-state index in [1.807, 2.05) is 36.4 Å². The summed E-state index contributed by atoms with van der Waals surface area (Å²) in [7, 11) is 1.54. The van der Waals surface area contributed by atoms with Crippen LogP contribution in [-0.2, 0) is 9.59 Å². The number of carbonyl (C=O) groups excluding carboxylic acids is 2. The van der Waals surface area contributed by atoms with Gasteiger partial charge in [-0.1, -0.05) is 42.5 Å². The number of benzene rings is 2. The lowest BCUT2D eigenvalue weighted by molar-refractivity contribution is -0.123. The second-order valence-corrected chi connectivity index (χ2v) is 6.18. The standard InChI is InChI=1S/C20H18N4O3/c1-27-17-10-6-5-9-15(17)22-18(25)11-16-20(26)23-19-14(12-21-24(16)19)13-7-3-2-4-8-13/h2-10,12,16H,11H2,1H3,(H,22,25)(H,23,26)/t16-/m1/s1. The zero-order valence-corrected chi connectivity index (χ0v) is 14.7. The first-order valence-electron chi connectivity index (χ1n) is 8.54. The van der Waals surface area contributed by atoms with Crippen molar-refractivity contribution in [3.63, 3.8) is 0 Å². The van der Waals surface area contributed by atoms with Crippen LogP contribution in [0, 0.1) is 0 Å². The lowest BCUT2D eigenvalue weighted by atomic mass is 10.1. The number of ether oxygens (including phenoxy) is 1. The molecule has 2 amide bonds. The van der Waals surface area contributed by atoms with Crippen LogP contribution >= 0.6 is 0 Å². The summed E-state index contributed by atoms with van der Waals surface area (Å²) in [5.74, 6) is 0.642. The molecule has 0 saturated carbocycles. The van der Waals surface area contributed by atoms with E-state index >= 15 is 0 Å². The molecule has 0 aliphatic carbocycles. The maximum atomic E-state index is 12.5. The maximum absolute atomic E-state index is 12.5. The number of methoxy groups -OCH3 is 1. The molecule has 1 atom stereocenters. The number of para-hydroxylation sites is 2. The summed E-state index contributed by atoms with van der Waals surface area (Å²) >= 11 is 0. The molecule has 7 heteroatoms. The second-order valence-electron chi connectivity index (χ2n) is 6.18. The summed E-state index contributed by atoms with van der Waals surface area (Å²) in [6, 6.07) is 16.1. The first-order chi connectivity index (χ1) is 13.2. The van der Waals surface area contributed by atoms with Gasteiger partial charge in [0.15, 0.2) is 0 Å². The smallest absolute Gasteiger partial charge is 0.251 e. The molecule has 0 fully saturated rings. The third-order valence-electron chi connectivity index (χ3n) is 4.48. The molecule has 2 aromatic carbocycles. The van der Waals surface area contributed by atoms with Crippen LogP contribution in [0.1, 0.15) is 12.5 Å². The van der Waals surface area contributed by atoms with Crippen molar-refractivity contribution in [3.8, 4) is 16.9 Å². The molecule has 0 saturated heterocycles. The minimum absolute atomic E-state index is 0.0210. The van der Waals surface area contributed by atoms with Gasteiger partial charge >= 0.3 is 0 Å². The summed E-state index contributed by atoms with van der Waals surface area (Å²) in [5.41, 5.74) is 2.35. The minimum Gasteiger partial charge on any atom is -0.495 e. The van der Waals surface area contributed by atoms with Crippen LogP contribution < -0.4 is 15.4 Å². The van der Waals surface area contributed by atoms with Gasteiger partial charge in [-0.3, -0.25) is 9.59 Å². The maximum Gasteiger partial charge on any atom is 0.251 e. The Hall–Kier alpha value is -3.61. The van der Waals surface area contributed by atoms with Crippen LogP contribution in [0.5, 0.6) is 5.75 Å². The highest BCUT2D eigenvalue weighted by Crippen LogP contribution is 2.35. The van der Waals surface area contributed by atoms with E-state index in [9.17, 15) is 9.59 Å². The molecule has 0 bridgehead atoms. The molecular formula is C20H18N4O3. The number of nitrogens with zero attached hydrogens (tertiary/aromatic N) is 2. The zero-order chi connectivity index (χ0) is 18.8. The monoisotopic (exact) mass is 362 g/mol. The van der Waals surface area contributed by atoms with Gasteiger partial charge in [0, 0.05) is 5.56 Å². The predicted molar refractivity (Wildman–Crippen MR) is 102 cm³/mol. The zero-order valence-electron chi connectivity index (χ0n) is 14.7. The largest absolute Gasteiger partial charge is 0.495 e. The second kappa shape index (κ2) is 6.95. The van der Waals surface area contributed by atoms with Gasteiger partial charge in [0.25, 0.3) is 5.91 Å². The Morgan fingerprint density at radius 3 is 2.70 bits per heavy atom. The van der Waals surface area contributed by atoms with Crippen LogP contribution in [0.15, 0.2) is 60.8 Å². The Kier molecular flexibility index (Phi) is 4.33. The molecule has 27 heavy (non-hydrogen) atoms. The number of anilines is 2. The van der Waals surface area contributed by atoms with Gasteiger partial charge in [0.05, 0.1) is 25.4 Å². The van der Waals surface area contributed by atoms with Gasteiger partial charge in [0.2, 0.25) is 5.91 Å². The fourth-order valence-electron chi connectivity index (χ4n) is 3.17. The van der Waals surface area contributed by atoms with Crippen molar-refractivity contribution in [1.82, 2.24) is 9.78 Å². The number of fused-ring (bicyclic) bond motifs is 1. The topological polar surface area (TPSA) is 85.2 Å². The van der Waals surface area contributed by atoms with E-state index < -0.39 is 6.04 Å². The fraction of sp³-hybridized carbons (Fsp3) is 0.150. The average molecular weight is 362 g/mol. The summed E-state index contributed by atoms with van der Waals surface area (Å²) < 4.78 is 6.81. The average Bonchev–Trinajstić information content (AvgIpc) is 3.22. The highest BCUT2D eigenvalue weighted by atomic mass is 16.5. The fourth-order valence-corrected chi connectivity index (χ4v) is 3.17.